The first-order valence-corrected chi connectivity index (χ1v) is 9.46. The summed E-state index contributed by atoms with van der Waals surface area (Å²) < 4.78 is 11.9. The van der Waals surface area contributed by atoms with E-state index in [1.807, 2.05) is 18.2 Å². The van der Waals surface area contributed by atoms with Crippen LogP contribution in [0.4, 0.5) is 0 Å². The smallest absolute Gasteiger partial charge is 0.213 e. The number of ether oxygens (including phenoxy) is 2. The van der Waals surface area contributed by atoms with Crippen LogP contribution in [0.1, 0.15) is 23.5 Å². The van der Waals surface area contributed by atoms with Crippen LogP contribution < -0.4 is 4.74 Å². The standard InChI is InChI=1S/C18H23N3O2S/c1-13-20-15(12-24-13)10-21-6-7-22-17-9-14(8-16(17)21)11-23-18-4-2-3-5-19-18/h2-5,12,14,16-17H,6-11H2,1H3/t14-,16-,17-/m1/s1. The van der Waals surface area contributed by atoms with E-state index in [4.69, 9.17) is 9.47 Å². The minimum Gasteiger partial charge on any atom is -0.477 e. The zero-order chi connectivity index (χ0) is 16.4. The van der Waals surface area contributed by atoms with Crippen molar-refractivity contribution < 1.29 is 9.47 Å². The van der Waals surface area contributed by atoms with Crippen LogP contribution in [0.5, 0.6) is 5.88 Å². The highest BCUT2D eigenvalue weighted by Crippen LogP contribution is 2.35. The topological polar surface area (TPSA) is 47.5 Å². The Labute approximate surface area is 146 Å². The number of fused-ring (bicyclic) bond motifs is 1. The molecule has 0 radical (unpaired) electrons. The van der Waals surface area contributed by atoms with Gasteiger partial charge in [0, 0.05) is 36.8 Å². The van der Waals surface area contributed by atoms with E-state index in [1.54, 1.807) is 17.5 Å². The molecule has 0 spiro atoms. The zero-order valence-corrected chi connectivity index (χ0v) is 14.7. The van der Waals surface area contributed by atoms with Crippen LogP contribution in [0.15, 0.2) is 29.8 Å². The van der Waals surface area contributed by atoms with Gasteiger partial charge < -0.3 is 9.47 Å². The van der Waals surface area contributed by atoms with Crippen LogP contribution in [0.2, 0.25) is 0 Å². The van der Waals surface area contributed by atoms with Crippen molar-refractivity contribution in [3.8, 4) is 5.88 Å². The Morgan fingerprint density at radius 1 is 1.38 bits per heavy atom. The number of aryl methyl sites for hydroxylation is 1. The van der Waals surface area contributed by atoms with E-state index in [-0.39, 0.29) is 0 Å². The lowest BCUT2D eigenvalue weighted by molar-refractivity contribution is -0.0593. The van der Waals surface area contributed by atoms with Crippen molar-refractivity contribution in [1.29, 1.82) is 0 Å². The highest BCUT2D eigenvalue weighted by Gasteiger charge is 2.41. The molecule has 1 saturated heterocycles. The Morgan fingerprint density at radius 2 is 2.33 bits per heavy atom. The van der Waals surface area contributed by atoms with Crippen molar-refractivity contribution >= 4 is 11.3 Å². The van der Waals surface area contributed by atoms with Gasteiger partial charge in [0.1, 0.15) is 0 Å². The minimum atomic E-state index is 0.329. The average Bonchev–Trinajstić information content (AvgIpc) is 3.20. The first kappa shape index (κ1) is 16.0. The van der Waals surface area contributed by atoms with Gasteiger partial charge in [-0.2, -0.15) is 0 Å². The molecule has 2 aromatic heterocycles. The molecule has 0 bridgehead atoms. The number of rotatable bonds is 5. The lowest BCUT2D eigenvalue weighted by atomic mass is 10.1. The molecule has 1 saturated carbocycles. The highest BCUT2D eigenvalue weighted by molar-refractivity contribution is 7.09. The fourth-order valence-electron chi connectivity index (χ4n) is 3.78. The fourth-order valence-corrected chi connectivity index (χ4v) is 4.39. The molecule has 1 aliphatic heterocycles. The predicted octanol–water partition coefficient (Wildman–Crippen LogP) is 2.90. The first-order chi connectivity index (χ1) is 11.8. The van der Waals surface area contributed by atoms with Crippen LogP contribution in [-0.4, -0.2) is 46.8 Å². The summed E-state index contributed by atoms with van der Waals surface area (Å²) in [6.07, 6.45) is 4.30. The van der Waals surface area contributed by atoms with Crippen LogP contribution >= 0.6 is 11.3 Å². The van der Waals surface area contributed by atoms with Gasteiger partial charge in [-0.25, -0.2) is 9.97 Å². The third kappa shape index (κ3) is 3.61. The summed E-state index contributed by atoms with van der Waals surface area (Å²) in [4.78, 5) is 11.4. The van der Waals surface area contributed by atoms with Crippen LogP contribution in [0, 0.1) is 12.8 Å². The Kier molecular flexibility index (Phi) is 4.78. The molecule has 24 heavy (non-hydrogen) atoms. The van der Waals surface area contributed by atoms with Gasteiger partial charge in [0.25, 0.3) is 0 Å². The maximum absolute atomic E-state index is 6.03. The fraction of sp³-hybridized carbons (Fsp3) is 0.556. The third-order valence-electron chi connectivity index (χ3n) is 4.89. The van der Waals surface area contributed by atoms with E-state index >= 15 is 0 Å². The van der Waals surface area contributed by atoms with Crippen molar-refractivity contribution in [2.24, 2.45) is 5.92 Å². The van der Waals surface area contributed by atoms with Crippen LogP contribution in [-0.2, 0) is 11.3 Å². The summed E-state index contributed by atoms with van der Waals surface area (Å²) in [6.45, 7) is 5.53. The van der Waals surface area contributed by atoms with Crippen molar-refractivity contribution in [3.05, 3.63) is 40.5 Å². The number of nitrogens with zero attached hydrogens (tertiary/aromatic N) is 3. The quantitative estimate of drug-likeness (QED) is 0.834. The second kappa shape index (κ2) is 7.17. The Balaban J connectivity index is 1.35. The predicted molar refractivity (Wildman–Crippen MR) is 93.2 cm³/mol. The summed E-state index contributed by atoms with van der Waals surface area (Å²) in [5.74, 6) is 1.24. The van der Waals surface area contributed by atoms with E-state index < -0.39 is 0 Å². The van der Waals surface area contributed by atoms with Gasteiger partial charge in [-0.05, 0) is 31.7 Å². The highest BCUT2D eigenvalue weighted by atomic mass is 32.1. The maximum atomic E-state index is 6.03. The summed E-state index contributed by atoms with van der Waals surface area (Å²) in [5.41, 5.74) is 1.19. The number of pyridine rings is 1. The molecule has 3 heterocycles. The largest absolute Gasteiger partial charge is 0.477 e. The van der Waals surface area contributed by atoms with E-state index in [9.17, 15) is 0 Å². The number of aromatic nitrogens is 2. The molecule has 5 nitrogen and oxygen atoms in total. The van der Waals surface area contributed by atoms with Crippen molar-refractivity contribution in [2.45, 2.75) is 38.5 Å². The van der Waals surface area contributed by atoms with E-state index in [0.29, 0.717) is 23.9 Å². The first-order valence-electron chi connectivity index (χ1n) is 8.58. The lowest BCUT2D eigenvalue weighted by Crippen LogP contribution is -2.47. The molecule has 3 atom stereocenters. The molecular formula is C18H23N3O2S. The van der Waals surface area contributed by atoms with Crippen molar-refractivity contribution in [2.75, 3.05) is 19.8 Å². The zero-order valence-electron chi connectivity index (χ0n) is 13.9. The van der Waals surface area contributed by atoms with Crippen molar-refractivity contribution in [3.63, 3.8) is 0 Å². The van der Waals surface area contributed by atoms with Gasteiger partial charge in [-0.15, -0.1) is 11.3 Å². The number of morpholine rings is 1. The number of thiazole rings is 1. The molecule has 1 aliphatic carbocycles. The van der Waals surface area contributed by atoms with Crippen molar-refractivity contribution in [1.82, 2.24) is 14.9 Å². The summed E-state index contributed by atoms with van der Waals surface area (Å²) >= 11 is 1.73. The van der Waals surface area contributed by atoms with Crippen LogP contribution in [0.25, 0.3) is 0 Å². The molecule has 2 fully saturated rings. The monoisotopic (exact) mass is 345 g/mol. The molecule has 0 amide bonds. The molecule has 4 rings (SSSR count). The second-order valence-electron chi connectivity index (χ2n) is 6.62. The molecule has 6 heteroatoms. The third-order valence-corrected chi connectivity index (χ3v) is 5.71. The molecule has 128 valence electrons. The Hall–Kier alpha value is -1.50. The normalized spacial score (nSPS) is 27.1. The average molecular weight is 345 g/mol. The maximum Gasteiger partial charge on any atom is 0.213 e. The summed E-state index contributed by atoms with van der Waals surface area (Å²) in [6, 6.07) is 6.26. The molecule has 2 aliphatic rings. The van der Waals surface area contributed by atoms with Gasteiger partial charge in [0.15, 0.2) is 0 Å². The molecule has 2 aromatic rings. The molecule has 0 unspecified atom stereocenters. The van der Waals surface area contributed by atoms with Gasteiger partial charge in [0.05, 0.1) is 30.0 Å². The summed E-state index contributed by atoms with van der Waals surface area (Å²) in [5, 5.41) is 3.32. The van der Waals surface area contributed by atoms with E-state index in [1.165, 1.54) is 5.69 Å². The second-order valence-corrected chi connectivity index (χ2v) is 7.68. The molecule has 0 aromatic carbocycles. The van der Waals surface area contributed by atoms with Gasteiger partial charge >= 0.3 is 0 Å². The molecular weight excluding hydrogens is 322 g/mol. The Morgan fingerprint density at radius 3 is 3.12 bits per heavy atom. The number of hydrogen-bond donors (Lipinski definition) is 0. The van der Waals surface area contributed by atoms with Gasteiger partial charge in [-0.3, -0.25) is 4.90 Å². The Bertz CT molecular complexity index is 663. The van der Waals surface area contributed by atoms with Gasteiger partial charge in [0.2, 0.25) is 5.88 Å². The SMILES string of the molecule is Cc1nc(CN2CCO[C@@H]3C[C@H](COc4ccccn4)C[C@H]32)cs1. The van der Waals surface area contributed by atoms with Gasteiger partial charge in [-0.1, -0.05) is 6.07 Å². The van der Waals surface area contributed by atoms with E-state index in [2.05, 4.69) is 27.2 Å². The molecule has 0 N–H and O–H groups in total. The summed E-state index contributed by atoms with van der Waals surface area (Å²) in [7, 11) is 0. The number of hydrogen-bond acceptors (Lipinski definition) is 6. The van der Waals surface area contributed by atoms with E-state index in [0.717, 1.165) is 44.2 Å². The lowest BCUT2D eigenvalue weighted by Gasteiger charge is -2.37. The minimum absolute atomic E-state index is 0.329. The van der Waals surface area contributed by atoms with Crippen LogP contribution in [0.3, 0.4) is 0 Å².